The number of halogens is 1. The molecular weight excluding hydrogens is 396 g/mol. The van der Waals surface area contributed by atoms with Gasteiger partial charge in [0.05, 0.1) is 6.10 Å². The second-order valence-corrected chi connectivity index (χ2v) is 7.49. The Kier molecular flexibility index (Phi) is 8.76. The van der Waals surface area contributed by atoms with Gasteiger partial charge >= 0.3 is 5.97 Å². The van der Waals surface area contributed by atoms with E-state index in [0.29, 0.717) is 16.5 Å². The van der Waals surface area contributed by atoms with E-state index < -0.39 is 18.2 Å². The summed E-state index contributed by atoms with van der Waals surface area (Å²) in [7, 11) is 0. The van der Waals surface area contributed by atoms with Crippen LogP contribution in [0.3, 0.4) is 0 Å². The van der Waals surface area contributed by atoms with E-state index in [4.69, 9.17) is 25.8 Å². The Morgan fingerprint density at radius 2 is 1.83 bits per heavy atom. The molecule has 0 aromatic heterocycles. The lowest BCUT2D eigenvalue weighted by Gasteiger charge is -2.17. The van der Waals surface area contributed by atoms with Crippen molar-refractivity contribution < 1.29 is 29.2 Å². The number of aryl methyl sites for hydroxylation is 1. The van der Waals surface area contributed by atoms with Crippen molar-refractivity contribution in [2.24, 2.45) is 0 Å². The predicted molar refractivity (Wildman–Crippen MR) is 111 cm³/mol. The molecule has 0 heterocycles. The summed E-state index contributed by atoms with van der Waals surface area (Å²) in [4.78, 5) is 11.4. The number of aliphatic hydroxyl groups excluding tert-OH is 1. The van der Waals surface area contributed by atoms with Gasteiger partial charge in [0, 0.05) is 11.4 Å². The second-order valence-electron chi connectivity index (χ2n) is 7.05. The van der Waals surface area contributed by atoms with Crippen LogP contribution in [0.5, 0.6) is 11.5 Å². The summed E-state index contributed by atoms with van der Waals surface area (Å²) in [5, 5.41) is 20.1. The van der Waals surface area contributed by atoms with E-state index in [1.54, 1.807) is 50.2 Å². The number of aliphatic carboxylic acids is 1. The molecule has 2 atom stereocenters. The normalized spacial score (nSPS) is 13.2. The Bertz CT molecular complexity index is 808. The third kappa shape index (κ3) is 7.93. The van der Waals surface area contributed by atoms with Crippen LogP contribution < -0.4 is 9.47 Å². The Labute approximate surface area is 176 Å². The average Bonchev–Trinajstić information content (AvgIpc) is 2.65. The van der Waals surface area contributed by atoms with Crippen molar-refractivity contribution in [2.45, 2.75) is 45.5 Å². The Balaban J connectivity index is 1.87. The molecule has 0 amide bonds. The van der Waals surface area contributed by atoms with E-state index in [-0.39, 0.29) is 25.7 Å². The van der Waals surface area contributed by atoms with Crippen LogP contribution in [-0.4, -0.2) is 47.7 Å². The van der Waals surface area contributed by atoms with Gasteiger partial charge in [-0.3, -0.25) is 0 Å². The summed E-state index contributed by atoms with van der Waals surface area (Å²) in [6.45, 7) is 5.59. The minimum absolute atomic E-state index is 0.0426. The van der Waals surface area contributed by atoms with E-state index in [0.717, 1.165) is 11.1 Å². The maximum absolute atomic E-state index is 11.4. The number of rotatable bonds is 11. The highest BCUT2D eigenvalue weighted by molar-refractivity contribution is 6.30. The van der Waals surface area contributed by atoms with Crippen molar-refractivity contribution in [3.05, 3.63) is 58.6 Å². The van der Waals surface area contributed by atoms with Crippen molar-refractivity contribution in [3.8, 4) is 11.5 Å². The summed E-state index contributed by atoms with van der Waals surface area (Å²) in [5.41, 5.74) is 1.66. The van der Waals surface area contributed by atoms with Crippen molar-refractivity contribution in [3.63, 3.8) is 0 Å². The maximum Gasteiger partial charge on any atom is 0.333 e. The Morgan fingerprint density at radius 1 is 1.10 bits per heavy atom. The van der Waals surface area contributed by atoms with Gasteiger partial charge in [0.15, 0.2) is 6.10 Å². The van der Waals surface area contributed by atoms with Gasteiger partial charge in [-0.15, -0.1) is 0 Å². The van der Waals surface area contributed by atoms with Crippen molar-refractivity contribution in [1.82, 2.24) is 0 Å². The molecule has 2 N–H and O–H groups in total. The number of carboxylic acids is 1. The molecule has 2 aromatic rings. The molecule has 29 heavy (non-hydrogen) atoms. The molecule has 2 unspecified atom stereocenters. The van der Waals surface area contributed by atoms with E-state index >= 15 is 0 Å². The summed E-state index contributed by atoms with van der Waals surface area (Å²) in [5.74, 6) is 0.188. The first kappa shape index (κ1) is 23.0. The zero-order valence-electron chi connectivity index (χ0n) is 16.8. The standard InChI is InChI=1S/C22H27ClO6/c1-14(2)29-21(22(25)26)11-16-5-4-6-19(10-16)27-12-18(24)13-28-20-8-7-17(23)9-15(20)3/h4-10,14,18,21,24H,11-13H2,1-3H3,(H,25,26). The molecule has 0 aliphatic heterocycles. The van der Waals surface area contributed by atoms with Gasteiger partial charge in [-0.25, -0.2) is 4.79 Å². The van der Waals surface area contributed by atoms with Gasteiger partial charge in [0.1, 0.15) is 30.8 Å². The van der Waals surface area contributed by atoms with Crippen molar-refractivity contribution >= 4 is 17.6 Å². The molecule has 7 heteroatoms. The van der Waals surface area contributed by atoms with Gasteiger partial charge < -0.3 is 24.4 Å². The monoisotopic (exact) mass is 422 g/mol. The molecule has 0 fully saturated rings. The smallest absolute Gasteiger partial charge is 0.333 e. The van der Waals surface area contributed by atoms with Crippen molar-refractivity contribution in [2.75, 3.05) is 13.2 Å². The zero-order valence-corrected chi connectivity index (χ0v) is 17.6. The lowest BCUT2D eigenvalue weighted by atomic mass is 10.1. The molecule has 158 valence electrons. The highest BCUT2D eigenvalue weighted by Crippen LogP contribution is 2.22. The summed E-state index contributed by atoms with van der Waals surface area (Å²) in [6.07, 6.45) is -1.71. The number of hydrogen-bond donors (Lipinski definition) is 2. The number of aliphatic hydroxyl groups is 1. The van der Waals surface area contributed by atoms with Crippen LogP contribution in [0.1, 0.15) is 25.0 Å². The van der Waals surface area contributed by atoms with E-state index in [2.05, 4.69) is 0 Å². The second kappa shape index (κ2) is 11.0. The minimum atomic E-state index is -1.00. The molecule has 0 saturated carbocycles. The Hall–Kier alpha value is -2.28. The predicted octanol–water partition coefficient (Wildman–Crippen LogP) is 3.89. The zero-order chi connectivity index (χ0) is 21.4. The summed E-state index contributed by atoms with van der Waals surface area (Å²) >= 11 is 5.92. The van der Waals surface area contributed by atoms with E-state index in [1.165, 1.54) is 0 Å². The molecule has 0 aliphatic rings. The fourth-order valence-corrected chi connectivity index (χ4v) is 2.93. The van der Waals surface area contributed by atoms with Crippen LogP contribution in [0.25, 0.3) is 0 Å². The minimum Gasteiger partial charge on any atom is -0.491 e. The topological polar surface area (TPSA) is 85.2 Å². The Morgan fingerprint density at radius 3 is 2.48 bits per heavy atom. The fourth-order valence-electron chi connectivity index (χ4n) is 2.70. The van der Waals surface area contributed by atoms with Crippen LogP contribution in [-0.2, 0) is 16.0 Å². The van der Waals surface area contributed by atoms with E-state index in [9.17, 15) is 15.0 Å². The van der Waals surface area contributed by atoms with Gasteiger partial charge in [0.2, 0.25) is 0 Å². The van der Waals surface area contributed by atoms with E-state index in [1.807, 2.05) is 13.0 Å². The molecule has 0 spiro atoms. The summed E-state index contributed by atoms with van der Waals surface area (Å²) < 4.78 is 16.7. The highest BCUT2D eigenvalue weighted by Gasteiger charge is 2.20. The fraction of sp³-hybridized carbons (Fsp3) is 0.409. The van der Waals surface area contributed by atoms with Gasteiger partial charge in [0.25, 0.3) is 0 Å². The summed E-state index contributed by atoms with van der Waals surface area (Å²) in [6, 6.07) is 12.4. The molecule has 0 bridgehead atoms. The third-order valence-corrected chi connectivity index (χ3v) is 4.28. The van der Waals surface area contributed by atoms with Crippen LogP contribution in [0.4, 0.5) is 0 Å². The third-order valence-electron chi connectivity index (χ3n) is 4.04. The first-order valence-corrected chi connectivity index (χ1v) is 9.79. The molecule has 0 saturated heterocycles. The quantitative estimate of drug-likeness (QED) is 0.571. The maximum atomic E-state index is 11.4. The largest absolute Gasteiger partial charge is 0.491 e. The van der Waals surface area contributed by atoms with Gasteiger partial charge in [-0.2, -0.15) is 0 Å². The molecular formula is C22H27ClO6. The number of benzene rings is 2. The van der Waals surface area contributed by atoms with Crippen LogP contribution in [0.15, 0.2) is 42.5 Å². The van der Waals surface area contributed by atoms with Crippen LogP contribution in [0, 0.1) is 6.92 Å². The number of hydrogen-bond acceptors (Lipinski definition) is 5. The average molecular weight is 423 g/mol. The highest BCUT2D eigenvalue weighted by atomic mass is 35.5. The molecule has 0 aliphatic carbocycles. The SMILES string of the molecule is Cc1cc(Cl)ccc1OCC(O)COc1cccc(CC(OC(C)C)C(=O)O)c1. The molecule has 6 nitrogen and oxygen atoms in total. The number of ether oxygens (including phenoxy) is 3. The molecule has 2 aromatic carbocycles. The first-order valence-electron chi connectivity index (χ1n) is 9.41. The first-order chi connectivity index (χ1) is 13.7. The van der Waals surface area contributed by atoms with Gasteiger partial charge in [-0.1, -0.05) is 23.7 Å². The number of carboxylic acid groups (broad SMARTS) is 1. The van der Waals surface area contributed by atoms with Crippen LogP contribution >= 0.6 is 11.6 Å². The van der Waals surface area contributed by atoms with Crippen LogP contribution in [0.2, 0.25) is 5.02 Å². The molecule has 0 radical (unpaired) electrons. The van der Waals surface area contributed by atoms with Gasteiger partial charge in [-0.05, 0) is 62.2 Å². The molecule has 2 rings (SSSR count). The lowest BCUT2D eigenvalue weighted by Crippen LogP contribution is -2.29. The number of carbonyl (C=O) groups is 1. The lowest BCUT2D eigenvalue weighted by molar-refractivity contribution is -0.153. The van der Waals surface area contributed by atoms with Crippen molar-refractivity contribution in [1.29, 1.82) is 0 Å².